The molecule has 4 nitrogen and oxygen atoms in total. The number of alkyl halides is 3. The number of hydrogen-bond donors (Lipinski definition) is 0. The summed E-state index contributed by atoms with van der Waals surface area (Å²) >= 11 is 0.915. The molecule has 84 valence electrons. The first-order valence-corrected chi connectivity index (χ1v) is 5.62. The molecule has 1 aromatic rings. The molecule has 0 spiro atoms. The highest BCUT2D eigenvalue weighted by molar-refractivity contribution is 7.87. The van der Waals surface area contributed by atoms with E-state index in [1.807, 2.05) is 0 Å². The summed E-state index contributed by atoms with van der Waals surface area (Å²) in [6, 6.07) is 0. The molecule has 0 saturated carbocycles. The molecule has 0 radical (unpaired) electrons. The molecule has 0 aliphatic carbocycles. The topological polar surface area (TPSA) is 56.3 Å². The fraction of sp³-hybridized carbons (Fsp3) is 0.167. The summed E-state index contributed by atoms with van der Waals surface area (Å²) < 4.78 is 60.4. The quantitative estimate of drug-likeness (QED) is 0.473. The molecule has 0 bridgehead atoms. The van der Waals surface area contributed by atoms with E-state index in [1.54, 1.807) is 0 Å². The second-order valence-electron chi connectivity index (χ2n) is 2.24. The van der Waals surface area contributed by atoms with Gasteiger partial charge in [0.15, 0.2) is 10.8 Å². The number of thiazole rings is 1. The van der Waals surface area contributed by atoms with E-state index in [0.717, 1.165) is 11.3 Å². The zero-order valence-electron chi connectivity index (χ0n) is 6.98. The van der Waals surface area contributed by atoms with Crippen molar-refractivity contribution in [2.75, 3.05) is 0 Å². The molecule has 9 heteroatoms. The predicted molar refractivity (Wildman–Crippen MR) is 47.2 cm³/mol. The summed E-state index contributed by atoms with van der Waals surface area (Å²) in [5.74, 6) is -0.651. The van der Waals surface area contributed by atoms with E-state index in [1.165, 1.54) is 11.6 Å². The number of halogens is 3. The summed E-state index contributed by atoms with van der Waals surface area (Å²) in [7, 11) is -5.66. The largest absolute Gasteiger partial charge is 0.534 e. The van der Waals surface area contributed by atoms with Crippen molar-refractivity contribution in [1.82, 2.24) is 4.98 Å². The van der Waals surface area contributed by atoms with Crippen molar-refractivity contribution in [2.45, 2.75) is 5.51 Å². The molecule has 0 amide bonds. The van der Waals surface area contributed by atoms with E-state index in [9.17, 15) is 21.6 Å². The lowest BCUT2D eigenvalue weighted by Gasteiger charge is -2.09. The smallest absolute Gasteiger partial charge is 0.373 e. The summed E-state index contributed by atoms with van der Waals surface area (Å²) in [5.41, 5.74) is -5.47. The standard InChI is InChI=1S/C6H4F3NO3S2/c1-4(5-10-2-3-14-5)13-15(11,12)6(7,8)9/h2-3H,1H2. The minimum atomic E-state index is -5.66. The Hall–Kier alpha value is -1.09. The van der Waals surface area contributed by atoms with Crippen LogP contribution in [0.3, 0.4) is 0 Å². The fourth-order valence-corrected chi connectivity index (χ4v) is 1.61. The van der Waals surface area contributed by atoms with Crippen molar-refractivity contribution in [1.29, 1.82) is 0 Å². The zero-order chi connectivity index (χ0) is 11.7. The van der Waals surface area contributed by atoms with Crippen LogP contribution in [-0.4, -0.2) is 18.9 Å². The first kappa shape index (κ1) is 12.0. The third kappa shape index (κ3) is 2.69. The lowest BCUT2D eigenvalue weighted by Crippen LogP contribution is -2.24. The van der Waals surface area contributed by atoms with Gasteiger partial charge < -0.3 is 4.18 Å². The van der Waals surface area contributed by atoms with E-state index >= 15 is 0 Å². The van der Waals surface area contributed by atoms with Crippen LogP contribution in [0.5, 0.6) is 0 Å². The van der Waals surface area contributed by atoms with Crippen LogP contribution >= 0.6 is 11.3 Å². The SMILES string of the molecule is C=C(OS(=O)(=O)C(F)(F)F)c1nccs1. The van der Waals surface area contributed by atoms with Crippen LogP contribution in [-0.2, 0) is 14.3 Å². The molecule has 0 aromatic carbocycles. The highest BCUT2D eigenvalue weighted by atomic mass is 32.2. The molecule has 0 fully saturated rings. The lowest BCUT2D eigenvalue weighted by atomic mass is 10.6. The van der Waals surface area contributed by atoms with Crippen LogP contribution in [0.4, 0.5) is 13.2 Å². The third-order valence-electron chi connectivity index (χ3n) is 1.16. The Labute approximate surface area is 87.1 Å². The Morgan fingerprint density at radius 2 is 2.13 bits per heavy atom. The van der Waals surface area contributed by atoms with Gasteiger partial charge in [-0.1, -0.05) is 6.58 Å². The molecule has 1 heterocycles. The van der Waals surface area contributed by atoms with Crippen molar-refractivity contribution < 1.29 is 25.8 Å². The number of rotatable bonds is 3. The third-order valence-corrected chi connectivity index (χ3v) is 2.97. The van der Waals surface area contributed by atoms with Gasteiger partial charge in [0, 0.05) is 11.6 Å². The van der Waals surface area contributed by atoms with Crippen LogP contribution in [0.15, 0.2) is 18.2 Å². The van der Waals surface area contributed by atoms with E-state index in [2.05, 4.69) is 15.7 Å². The van der Waals surface area contributed by atoms with Crippen LogP contribution < -0.4 is 0 Å². The predicted octanol–water partition coefficient (Wildman–Crippen LogP) is 1.98. The number of nitrogens with zero attached hydrogens (tertiary/aromatic N) is 1. The van der Waals surface area contributed by atoms with Gasteiger partial charge in [0.25, 0.3) is 0 Å². The summed E-state index contributed by atoms with van der Waals surface area (Å²) in [4.78, 5) is 3.54. The van der Waals surface area contributed by atoms with Gasteiger partial charge >= 0.3 is 15.6 Å². The molecule has 1 rings (SSSR count). The van der Waals surface area contributed by atoms with E-state index in [0.29, 0.717) is 0 Å². The highest BCUT2D eigenvalue weighted by Crippen LogP contribution is 2.29. The fourth-order valence-electron chi connectivity index (χ4n) is 0.576. The van der Waals surface area contributed by atoms with Crippen molar-refractivity contribution in [2.24, 2.45) is 0 Å². The molecule has 0 aliphatic heterocycles. The minimum absolute atomic E-state index is 0.0252. The van der Waals surface area contributed by atoms with Crippen LogP contribution in [0.25, 0.3) is 5.76 Å². The van der Waals surface area contributed by atoms with Crippen molar-refractivity contribution in [3.05, 3.63) is 23.2 Å². The Morgan fingerprint density at radius 3 is 2.53 bits per heavy atom. The maximum absolute atomic E-state index is 11.9. The normalized spacial score (nSPS) is 12.5. The van der Waals surface area contributed by atoms with E-state index < -0.39 is 21.4 Å². The van der Waals surface area contributed by atoms with Gasteiger partial charge in [0.1, 0.15) is 0 Å². The first-order valence-electron chi connectivity index (χ1n) is 3.33. The second-order valence-corrected chi connectivity index (χ2v) is 4.68. The molecule has 15 heavy (non-hydrogen) atoms. The van der Waals surface area contributed by atoms with Crippen LogP contribution in [0.1, 0.15) is 5.01 Å². The molecule has 1 aromatic heterocycles. The lowest BCUT2D eigenvalue weighted by molar-refractivity contribution is -0.0509. The molecule has 0 aliphatic rings. The summed E-state index contributed by atoms with van der Waals surface area (Å²) in [5, 5.41) is 1.42. The molecule has 0 atom stereocenters. The highest BCUT2D eigenvalue weighted by Gasteiger charge is 2.48. The van der Waals surface area contributed by atoms with Gasteiger partial charge in [-0.2, -0.15) is 21.6 Å². The Bertz CT molecular complexity index is 448. The summed E-state index contributed by atoms with van der Waals surface area (Å²) in [6.07, 6.45) is 1.29. The van der Waals surface area contributed by atoms with Crippen molar-refractivity contribution in [3.63, 3.8) is 0 Å². The van der Waals surface area contributed by atoms with Gasteiger partial charge in [-0.15, -0.1) is 11.3 Å². The average molecular weight is 259 g/mol. The summed E-state index contributed by atoms with van der Waals surface area (Å²) in [6.45, 7) is 3.04. The van der Waals surface area contributed by atoms with Crippen LogP contribution in [0, 0.1) is 0 Å². The first-order chi connectivity index (χ1) is 6.74. The molecular weight excluding hydrogens is 255 g/mol. The van der Waals surface area contributed by atoms with Crippen LogP contribution in [0.2, 0.25) is 0 Å². The molecule has 0 unspecified atom stereocenters. The zero-order valence-corrected chi connectivity index (χ0v) is 8.62. The Kier molecular flexibility index (Phi) is 3.05. The Balaban J connectivity index is 2.85. The van der Waals surface area contributed by atoms with Gasteiger partial charge in [0.2, 0.25) is 0 Å². The van der Waals surface area contributed by atoms with Crippen molar-refractivity contribution in [3.8, 4) is 0 Å². The monoisotopic (exact) mass is 259 g/mol. The van der Waals surface area contributed by atoms with Gasteiger partial charge in [-0.3, -0.25) is 0 Å². The van der Waals surface area contributed by atoms with Gasteiger partial charge in [0.05, 0.1) is 0 Å². The van der Waals surface area contributed by atoms with Crippen molar-refractivity contribution >= 4 is 27.2 Å². The molecular formula is C6H4F3NO3S2. The van der Waals surface area contributed by atoms with E-state index in [-0.39, 0.29) is 5.01 Å². The average Bonchev–Trinajstić information content (AvgIpc) is 2.51. The van der Waals surface area contributed by atoms with E-state index in [4.69, 9.17) is 0 Å². The Morgan fingerprint density at radius 1 is 1.53 bits per heavy atom. The maximum Gasteiger partial charge on any atom is 0.534 e. The molecule has 0 saturated heterocycles. The maximum atomic E-state index is 11.9. The number of hydrogen-bond acceptors (Lipinski definition) is 5. The second kappa shape index (κ2) is 3.81. The van der Waals surface area contributed by atoms with Gasteiger partial charge in [-0.05, 0) is 0 Å². The number of aromatic nitrogens is 1. The molecule has 0 N–H and O–H groups in total. The minimum Gasteiger partial charge on any atom is -0.373 e. The van der Waals surface area contributed by atoms with Gasteiger partial charge in [-0.25, -0.2) is 4.98 Å².